The molecular formula is C29H17NO9. The minimum atomic E-state index is -1.30. The summed E-state index contributed by atoms with van der Waals surface area (Å²) in [6.07, 6.45) is 0. The van der Waals surface area contributed by atoms with E-state index in [1.807, 2.05) is 0 Å². The van der Waals surface area contributed by atoms with E-state index in [4.69, 9.17) is 0 Å². The molecule has 5 aromatic rings. The molecule has 0 aliphatic carbocycles. The Morgan fingerprint density at radius 3 is 1.10 bits per heavy atom. The smallest absolute Gasteiger partial charge is 0.335 e. The molecule has 5 N–H and O–H groups in total. The molecule has 0 saturated carbocycles. The lowest BCUT2D eigenvalue weighted by Crippen LogP contribution is -2.06. The minimum Gasteiger partial charge on any atom is -0.478 e. The average molecular weight is 523 g/mol. The zero-order valence-corrected chi connectivity index (χ0v) is 19.8. The van der Waals surface area contributed by atoms with E-state index in [2.05, 4.69) is 4.98 Å². The normalized spacial score (nSPS) is 11.0. The van der Waals surface area contributed by atoms with Crippen LogP contribution in [0.25, 0.3) is 44.1 Å². The molecule has 1 aromatic heterocycles. The summed E-state index contributed by atoms with van der Waals surface area (Å²) in [6, 6.07) is 17.0. The first-order valence-electron chi connectivity index (χ1n) is 11.4. The second kappa shape index (κ2) is 9.27. The molecule has 10 heteroatoms. The topological polar surface area (TPSA) is 182 Å². The Labute approximate surface area is 218 Å². The number of H-pyrrole nitrogens is 1. The van der Waals surface area contributed by atoms with Crippen molar-refractivity contribution in [3.05, 3.63) is 105 Å². The average Bonchev–Trinajstić information content (AvgIpc) is 2.92. The van der Waals surface area contributed by atoms with Gasteiger partial charge in [0.1, 0.15) is 0 Å². The summed E-state index contributed by atoms with van der Waals surface area (Å²) in [7, 11) is 0. The van der Waals surface area contributed by atoms with E-state index in [1.165, 1.54) is 36.4 Å². The first-order valence-corrected chi connectivity index (χ1v) is 11.4. The molecule has 0 aliphatic rings. The van der Waals surface area contributed by atoms with Gasteiger partial charge in [0.15, 0.2) is 5.43 Å². The van der Waals surface area contributed by atoms with Crippen molar-refractivity contribution in [1.82, 2.24) is 4.98 Å². The number of hydrogen-bond acceptors (Lipinski definition) is 5. The fourth-order valence-electron chi connectivity index (χ4n) is 4.41. The quantitative estimate of drug-likeness (QED) is 0.195. The van der Waals surface area contributed by atoms with E-state index >= 15 is 0 Å². The van der Waals surface area contributed by atoms with E-state index < -0.39 is 23.9 Å². The summed E-state index contributed by atoms with van der Waals surface area (Å²) in [5.74, 6) is -5.19. The number of benzene rings is 4. The first kappa shape index (κ1) is 24.9. The molecule has 0 bridgehead atoms. The third kappa shape index (κ3) is 4.58. The number of pyridine rings is 1. The summed E-state index contributed by atoms with van der Waals surface area (Å²) in [5.41, 5.74) is 1.17. The van der Waals surface area contributed by atoms with Crippen molar-refractivity contribution in [2.75, 3.05) is 0 Å². The highest BCUT2D eigenvalue weighted by atomic mass is 16.4. The molecule has 0 saturated heterocycles. The molecule has 1 heterocycles. The maximum absolute atomic E-state index is 13.6. The zero-order chi connectivity index (χ0) is 28.0. The van der Waals surface area contributed by atoms with E-state index in [0.29, 0.717) is 33.3 Å². The summed E-state index contributed by atoms with van der Waals surface area (Å²) in [6.45, 7) is 0. The number of fused-ring (bicyclic) bond motifs is 2. The van der Waals surface area contributed by atoms with Gasteiger partial charge in [0.05, 0.1) is 22.3 Å². The Morgan fingerprint density at radius 2 is 0.795 bits per heavy atom. The molecule has 0 spiro atoms. The Balaban J connectivity index is 1.70. The highest BCUT2D eigenvalue weighted by molar-refractivity contribution is 6.00. The van der Waals surface area contributed by atoms with Crippen molar-refractivity contribution < 1.29 is 39.6 Å². The number of carboxylic acids is 4. The van der Waals surface area contributed by atoms with Gasteiger partial charge in [0.2, 0.25) is 0 Å². The molecule has 10 nitrogen and oxygen atoms in total. The fraction of sp³-hybridized carbons (Fsp3) is 0. The number of aromatic nitrogens is 1. The van der Waals surface area contributed by atoms with Crippen molar-refractivity contribution in [2.45, 2.75) is 0 Å². The van der Waals surface area contributed by atoms with Gasteiger partial charge < -0.3 is 25.4 Å². The highest BCUT2D eigenvalue weighted by Crippen LogP contribution is 2.29. The van der Waals surface area contributed by atoms with Gasteiger partial charge in [-0.3, -0.25) is 4.79 Å². The number of carboxylic acid groups (broad SMARTS) is 4. The third-order valence-corrected chi connectivity index (χ3v) is 6.32. The summed E-state index contributed by atoms with van der Waals surface area (Å²) in [4.78, 5) is 62.8. The number of carbonyl (C=O) groups is 4. The van der Waals surface area contributed by atoms with Crippen LogP contribution >= 0.6 is 0 Å². The largest absolute Gasteiger partial charge is 0.478 e. The van der Waals surface area contributed by atoms with Gasteiger partial charge in [-0.1, -0.05) is 12.1 Å². The predicted octanol–water partition coefficient (Wildman–Crippen LogP) is 4.81. The van der Waals surface area contributed by atoms with Crippen molar-refractivity contribution in [1.29, 1.82) is 0 Å². The lowest BCUT2D eigenvalue weighted by Gasteiger charge is -2.10. The number of aromatic carboxylic acids is 4. The van der Waals surface area contributed by atoms with E-state index in [0.717, 1.165) is 12.1 Å². The Kier molecular flexibility index (Phi) is 5.92. The molecule has 0 atom stereocenters. The molecule has 4 aromatic carbocycles. The van der Waals surface area contributed by atoms with Crippen molar-refractivity contribution in [2.24, 2.45) is 0 Å². The first-order chi connectivity index (χ1) is 18.5. The van der Waals surface area contributed by atoms with E-state index in [9.17, 15) is 44.4 Å². The van der Waals surface area contributed by atoms with Crippen LogP contribution in [0.2, 0.25) is 0 Å². The lowest BCUT2D eigenvalue weighted by molar-refractivity contribution is 0.0676. The second-order valence-electron chi connectivity index (χ2n) is 8.79. The zero-order valence-electron chi connectivity index (χ0n) is 19.8. The van der Waals surface area contributed by atoms with Gasteiger partial charge in [-0.05, 0) is 82.9 Å². The molecule has 39 heavy (non-hydrogen) atoms. The van der Waals surface area contributed by atoms with Crippen molar-refractivity contribution in [3.8, 4) is 22.3 Å². The van der Waals surface area contributed by atoms with Gasteiger partial charge in [-0.2, -0.15) is 0 Å². The number of rotatable bonds is 6. The van der Waals surface area contributed by atoms with Crippen LogP contribution in [0.1, 0.15) is 41.4 Å². The van der Waals surface area contributed by atoms with Crippen molar-refractivity contribution in [3.63, 3.8) is 0 Å². The van der Waals surface area contributed by atoms with Crippen LogP contribution in [0.5, 0.6) is 0 Å². The molecule has 0 aliphatic heterocycles. The van der Waals surface area contributed by atoms with Crippen LogP contribution in [-0.4, -0.2) is 49.3 Å². The highest BCUT2D eigenvalue weighted by Gasteiger charge is 2.16. The molecule has 0 amide bonds. The van der Waals surface area contributed by atoms with Gasteiger partial charge in [-0.25, -0.2) is 19.2 Å². The molecular weight excluding hydrogens is 506 g/mol. The summed E-state index contributed by atoms with van der Waals surface area (Å²) >= 11 is 0. The lowest BCUT2D eigenvalue weighted by atomic mass is 9.96. The maximum atomic E-state index is 13.6. The Bertz CT molecular complexity index is 1750. The number of aromatic amines is 1. The van der Waals surface area contributed by atoms with E-state index in [-0.39, 0.29) is 38.5 Å². The predicted molar refractivity (Wildman–Crippen MR) is 141 cm³/mol. The van der Waals surface area contributed by atoms with Crippen LogP contribution < -0.4 is 5.43 Å². The third-order valence-electron chi connectivity index (χ3n) is 6.32. The van der Waals surface area contributed by atoms with E-state index in [1.54, 1.807) is 24.3 Å². The molecule has 0 fully saturated rings. The maximum Gasteiger partial charge on any atom is 0.335 e. The molecule has 0 unspecified atom stereocenters. The van der Waals surface area contributed by atoms with Crippen molar-refractivity contribution >= 4 is 45.7 Å². The van der Waals surface area contributed by atoms with Crippen LogP contribution in [0.15, 0.2) is 77.6 Å². The molecule has 192 valence electrons. The summed E-state index contributed by atoms with van der Waals surface area (Å²) in [5, 5.41) is 38.1. The number of nitrogens with one attached hydrogen (secondary N) is 1. The van der Waals surface area contributed by atoms with Gasteiger partial charge in [-0.15, -0.1) is 0 Å². The monoisotopic (exact) mass is 523 g/mol. The van der Waals surface area contributed by atoms with Gasteiger partial charge in [0, 0.05) is 21.8 Å². The SMILES string of the molecule is O=C(O)c1cc(C(=O)O)cc(-c2ccc3[nH]c4ccc(-c5cc(C(=O)O)cc(C(=O)O)c5)cc4c(=O)c3c2)c1. The van der Waals surface area contributed by atoms with Crippen LogP contribution in [-0.2, 0) is 0 Å². The minimum absolute atomic E-state index is 0.216. The van der Waals surface area contributed by atoms with Crippen LogP contribution in [0, 0.1) is 0 Å². The molecule has 0 radical (unpaired) electrons. The standard InChI is InChI=1S/C29H17NO9/c31-25-21-11-13(15-5-17(26(32)33)9-18(6-15)27(34)35)1-3-23(21)30-24-4-2-14(12-22(24)25)16-7-19(28(36)37)10-20(8-16)29(38)39/h1-12H,(H,30,31)(H,32,33)(H,34,35)(H,36,37)(H,38,39). The fourth-order valence-corrected chi connectivity index (χ4v) is 4.41. The second-order valence-corrected chi connectivity index (χ2v) is 8.79. The molecule has 5 rings (SSSR count). The van der Waals surface area contributed by atoms with Gasteiger partial charge >= 0.3 is 23.9 Å². The van der Waals surface area contributed by atoms with Gasteiger partial charge in [0.25, 0.3) is 0 Å². The number of hydrogen-bond donors (Lipinski definition) is 5. The van der Waals surface area contributed by atoms with Crippen LogP contribution in [0.3, 0.4) is 0 Å². The summed E-state index contributed by atoms with van der Waals surface area (Å²) < 4.78 is 0. The van der Waals surface area contributed by atoms with Crippen LogP contribution in [0.4, 0.5) is 0 Å². The Hall–Kier alpha value is -5.77. The Morgan fingerprint density at radius 1 is 0.462 bits per heavy atom.